The first-order chi connectivity index (χ1) is 13.2. The van der Waals surface area contributed by atoms with Crippen LogP contribution in [-0.2, 0) is 27.4 Å². The van der Waals surface area contributed by atoms with Crippen LogP contribution in [0.15, 0.2) is 30.3 Å². The first kappa shape index (κ1) is 17.7. The molecule has 2 aromatic rings. The van der Waals surface area contributed by atoms with Gasteiger partial charge in [-0.25, -0.2) is 0 Å². The van der Waals surface area contributed by atoms with Crippen LogP contribution in [0.25, 0.3) is 0 Å². The molecule has 1 atom stereocenters. The van der Waals surface area contributed by atoms with Gasteiger partial charge in [0.15, 0.2) is 0 Å². The van der Waals surface area contributed by atoms with Gasteiger partial charge in [-0.3, -0.25) is 14.7 Å². The third-order valence-electron chi connectivity index (χ3n) is 5.31. The lowest BCUT2D eigenvalue weighted by atomic mass is 9.91. The van der Waals surface area contributed by atoms with Crippen LogP contribution in [0.3, 0.4) is 0 Å². The van der Waals surface area contributed by atoms with E-state index in [-0.39, 0.29) is 17.7 Å². The van der Waals surface area contributed by atoms with Gasteiger partial charge in [-0.05, 0) is 5.56 Å². The molecule has 7 nitrogen and oxygen atoms in total. The van der Waals surface area contributed by atoms with Crippen molar-refractivity contribution in [2.75, 3.05) is 19.7 Å². The van der Waals surface area contributed by atoms with Crippen LogP contribution in [0.2, 0.25) is 0 Å². The molecule has 3 heterocycles. The SMILES string of the molecule is CCC(=O)NC(C(=O)N1CC(c2n[nH]c3c2COCC3)C1)c1ccccc1. The molecule has 1 aromatic carbocycles. The number of likely N-dealkylation sites (tertiary alicyclic amines) is 1. The maximum Gasteiger partial charge on any atom is 0.249 e. The molecule has 7 heteroatoms. The van der Waals surface area contributed by atoms with Crippen LogP contribution in [0.5, 0.6) is 0 Å². The highest BCUT2D eigenvalue weighted by Crippen LogP contribution is 2.33. The molecule has 27 heavy (non-hydrogen) atoms. The Labute approximate surface area is 158 Å². The average molecular weight is 368 g/mol. The number of nitrogens with zero attached hydrogens (tertiary/aromatic N) is 2. The third-order valence-corrected chi connectivity index (χ3v) is 5.31. The maximum atomic E-state index is 13.0. The lowest BCUT2D eigenvalue weighted by Crippen LogP contribution is -2.53. The topological polar surface area (TPSA) is 87.3 Å². The number of nitrogens with one attached hydrogen (secondary N) is 2. The van der Waals surface area contributed by atoms with Gasteiger partial charge in [-0.1, -0.05) is 37.3 Å². The standard InChI is InChI=1S/C20H24N4O3/c1-2-17(25)21-19(13-6-4-3-5-7-13)20(26)24-10-14(11-24)18-15-12-27-9-8-16(15)22-23-18/h3-7,14,19H,2,8-12H2,1H3,(H,21,25)(H,22,23). The number of hydrogen-bond donors (Lipinski definition) is 2. The molecule has 2 aliphatic rings. The quantitative estimate of drug-likeness (QED) is 0.841. The van der Waals surface area contributed by atoms with Gasteiger partial charge in [-0.15, -0.1) is 0 Å². The van der Waals surface area contributed by atoms with Crippen molar-refractivity contribution in [2.45, 2.75) is 38.3 Å². The second-order valence-corrected chi connectivity index (χ2v) is 7.07. The summed E-state index contributed by atoms with van der Waals surface area (Å²) in [6, 6.07) is 8.76. The molecular formula is C20H24N4O3. The van der Waals surface area contributed by atoms with Crippen molar-refractivity contribution in [2.24, 2.45) is 0 Å². The van der Waals surface area contributed by atoms with E-state index >= 15 is 0 Å². The minimum Gasteiger partial charge on any atom is -0.376 e. The van der Waals surface area contributed by atoms with Gasteiger partial charge in [-0.2, -0.15) is 5.10 Å². The van der Waals surface area contributed by atoms with Gasteiger partial charge in [0.1, 0.15) is 6.04 Å². The van der Waals surface area contributed by atoms with Crippen LogP contribution in [0, 0.1) is 0 Å². The molecule has 1 saturated heterocycles. The van der Waals surface area contributed by atoms with E-state index in [1.807, 2.05) is 30.3 Å². The zero-order chi connectivity index (χ0) is 18.8. The van der Waals surface area contributed by atoms with Crippen molar-refractivity contribution in [1.29, 1.82) is 0 Å². The molecule has 0 saturated carbocycles. The first-order valence-corrected chi connectivity index (χ1v) is 9.44. The van der Waals surface area contributed by atoms with E-state index in [2.05, 4.69) is 15.5 Å². The number of carbonyl (C=O) groups is 2. The molecule has 2 aliphatic heterocycles. The molecule has 1 fully saturated rings. The number of rotatable bonds is 5. The van der Waals surface area contributed by atoms with Gasteiger partial charge in [0.25, 0.3) is 0 Å². The summed E-state index contributed by atoms with van der Waals surface area (Å²) in [5.41, 5.74) is 4.12. The molecule has 1 aromatic heterocycles. The fourth-order valence-electron chi connectivity index (χ4n) is 3.68. The summed E-state index contributed by atoms with van der Waals surface area (Å²) in [6.45, 7) is 4.32. The number of aromatic amines is 1. The normalized spacial score (nSPS) is 17.7. The van der Waals surface area contributed by atoms with Gasteiger partial charge in [0.2, 0.25) is 11.8 Å². The fourth-order valence-corrected chi connectivity index (χ4v) is 3.68. The van der Waals surface area contributed by atoms with E-state index in [4.69, 9.17) is 4.74 Å². The van der Waals surface area contributed by atoms with Crippen LogP contribution < -0.4 is 5.32 Å². The smallest absolute Gasteiger partial charge is 0.249 e. The van der Waals surface area contributed by atoms with Crippen LogP contribution >= 0.6 is 0 Å². The Hall–Kier alpha value is -2.67. The predicted molar refractivity (Wildman–Crippen MR) is 98.9 cm³/mol. The number of ether oxygens (including phenoxy) is 1. The zero-order valence-corrected chi connectivity index (χ0v) is 15.4. The highest BCUT2D eigenvalue weighted by molar-refractivity contribution is 5.89. The van der Waals surface area contributed by atoms with E-state index in [1.165, 1.54) is 0 Å². The number of benzene rings is 1. The van der Waals surface area contributed by atoms with Crippen molar-refractivity contribution in [3.05, 3.63) is 52.8 Å². The molecule has 142 valence electrons. The molecule has 1 unspecified atom stereocenters. The van der Waals surface area contributed by atoms with E-state index in [9.17, 15) is 9.59 Å². The van der Waals surface area contributed by atoms with E-state index in [0.717, 1.165) is 35.5 Å². The highest BCUT2D eigenvalue weighted by Gasteiger charge is 2.39. The number of amides is 2. The zero-order valence-electron chi connectivity index (χ0n) is 15.4. The Balaban J connectivity index is 1.46. The predicted octanol–water partition coefficient (Wildman–Crippen LogP) is 1.68. The summed E-state index contributed by atoms with van der Waals surface area (Å²) >= 11 is 0. The third kappa shape index (κ3) is 3.47. The van der Waals surface area contributed by atoms with Crippen molar-refractivity contribution in [1.82, 2.24) is 20.4 Å². The molecule has 0 radical (unpaired) electrons. The molecule has 4 rings (SSSR count). The van der Waals surface area contributed by atoms with Crippen molar-refractivity contribution in [3.8, 4) is 0 Å². The van der Waals surface area contributed by atoms with Crippen LogP contribution in [0.1, 0.15) is 47.8 Å². The Morgan fingerprint density at radius 3 is 2.85 bits per heavy atom. The Morgan fingerprint density at radius 2 is 2.11 bits per heavy atom. The minimum atomic E-state index is -0.643. The van der Waals surface area contributed by atoms with Crippen molar-refractivity contribution in [3.63, 3.8) is 0 Å². The minimum absolute atomic E-state index is 0.0695. The van der Waals surface area contributed by atoms with Gasteiger partial charge in [0.05, 0.1) is 18.9 Å². The van der Waals surface area contributed by atoms with E-state index in [0.29, 0.717) is 26.1 Å². The molecule has 2 amide bonds. The fraction of sp³-hybridized carbons (Fsp3) is 0.450. The lowest BCUT2D eigenvalue weighted by molar-refractivity contribution is -0.140. The highest BCUT2D eigenvalue weighted by atomic mass is 16.5. The number of fused-ring (bicyclic) bond motifs is 1. The molecule has 0 spiro atoms. The average Bonchev–Trinajstić information content (AvgIpc) is 3.09. The second-order valence-electron chi connectivity index (χ2n) is 7.07. The maximum absolute atomic E-state index is 13.0. The first-order valence-electron chi connectivity index (χ1n) is 9.44. The number of hydrogen-bond acceptors (Lipinski definition) is 4. The van der Waals surface area contributed by atoms with Gasteiger partial charge >= 0.3 is 0 Å². The van der Waals surface area contributed by atoms with Gasteiger partial charge in [0, 0.05) is 43.1 Å². The molecule has 0 aliphatic carbocycles. The summed E-state index contributed by atoms with van der Waals surface area (Å²) in [6.07, 6.45) is 1.20. The Kier molecular flexibility index (Phi) is 4.94. The largest absolute Gasteiger partial charge is 0.376 e. The second kappa shape index (κ2) is 7.52. The summed E-state index contributed by atoms with van der Waals surface area (Å²) in [4.78, 5) is 26.8. The van der Waals surface area contributed by atoms with Gasteiger partial charge < -0.3 is 15.0 Å². The van der Waals surface area contributed by atoms with E-state index in [1.54, 1.807) is 11.8 Å². The summed E-state index contributed by atoms with van der Waals surface area (Å²) < 4.78 is 5.55. The summed E-state index contributed by atoms with van der Waals surface area (Å²) in [5, 5.41) is 10.4. The van der Waals surface area contributed by atoms with Crippen LogP contribution in [0.4, 0.5) is 0 Å². The Bertz CT molecular complexity index is 827. The molecule has 0 bridgehead atoms. The monoisotopic (exact) mass is 368 g/mol. The number of carbonyl (C=O) groups excluding carboxylic acids is 2. The van der Waals surface area contributed by atoms with Crippen molar-refractivity contribution >= 4 is 11.8 Å². The van der Waals surface area contributed by atoms with Crippen molar-refractivity contribution < 1.29 is 14.3 Å². The van der Waals surface area contributed by atoms with Crippen LogP contribution in [-0.4, -0.2) is 46.6 Å². The number of H-pyrrole nitrogens is 1. The van der Waals surface area contributed by atoms with E-state index < -0.39 is 6.04 Å². The summed E-state index contributed by atoms with van der Waals surface area (Å²) in [7, 11) is 0. The molecule has 2 N–H and O–H groups in total. The Morgan fingerprint density at radius 1 is 1.33 bits per heavy atom. The lowest BCUT2D eigenvalue weighted by Gasteiger charge is -2.41. The molecular weight excluding hydrogens is 344 g/mol. The summed E-state index contributed by atoms with van der Waals surface area (Å²) in [5.74, 6) is 0.0154. The number of aromatic nitrogens is 2.